The number of amides is 1. The van der Waals surface area contributed by atoms with E-state index in [2.05, 4.69) is 10.3 Å². The fraction of sp³-hybridized carbons (Fsp3) is 0.250. The van der Waals surface area contributed by atoms with Gasteiger partial charge < -0.3 is 21.2 Å². The van der Waals surface area contributed by atoms with Crippen molar-refractivity contribution in [2.75, 3.05) is 11.1 Å². The van der Waals surface area contributed by atoms with E-state index in [0.717, 1.165) is 4.57 Å². The number of benzene rings is 2. The second kappa shape index (κ2) is 7.44. The third-order valence-electron chi connectivity index (χ3n) is 4.15. The van der Waals surface area contributed by atoms with Gasteiger partial charge in [-0.3, -0.25) is 10.1 Å². The molecule has 0 unspecified atom stereocenters. The molecule has 3 rings (SSSR count). The summed E-state index contributed by atoms with van der Waals surface area (Å²) in [4.78, 5) is 40.1. The summed E-state index contributed by atoms with van der Waals surface area (Å²) >= 11 is 0. The number of nitrogens with two attached hydrogens (primary N) is 2. The Bertz CT molecular complexity index is 1200. The van der Waals surface area contributed by atoms with Crippen LogP contribution in [0.5, 0.6) is 0 Å². The van der Waals surface area contributed by atoms with Gasteiger partial charge in [0.25, 0.3) is 5.56 Å². The van der Waals surface area contributed by atoms with Crippen molar-refractivity contribution in [1.29, 1.82) is 0 Å². The molecule has 3 aromatic rings. The number of nitrogen functional groups attached to an aromatic ring is 1. The number of rotatable bonds is 3. The molecule has 2 aromatic carbocycles. The van der Waals surface area contributed by atoms with Crippen LogP contribution in [0, 0.1) is 0 Å². The van der Waals surface area contributed by atoms with E-state index in [9.17, 15) is 14.4 Å². The van der Waals surface area contributed by atoms with Crippen molar-refractivity contribution in [3.63, 3.8) is 0 Å². The van der Waals surface area contributed by atoms with Crippen LogP contribution in [0.25, 0.3) is 16.6 Å². The average molecular weight is 397 g/mol. The summed E-state index contributed by atoms with van der Waals surface area (Å²) < 4.78 is 6.22. The SMILES string of the molecule is CC(C)(C)OC(=O)Nc1ccc2c(=O)n(-c3ccc(N)c(CN)c3)c(=O)[nH]c2c1. The summed E-state index contributed by atoms with van der Waals surface area (Å²) in [6, 6.07) is 9.37. The molecule has 1 amide bonds. The lowest BCUT2D eigenvalue weighted by Gasteiger charge is -2.19. The number of aromatic nitrogens is 2. The summed E-state index contributed by atoms with van der Waals surface area (Å²) in [5.74, 6) is 0. The van der Waals surface area contributed by atoms with Crippen LogP contribution < -0.4 is 28.0 Å². The van der Waals surface area contributed by atoms with Crippen LogP contribution >= 0.6 is 0 Å². The highest BCUT2D eigenvalue weighted by Crippen LogP contribution is 2.18. The second-order valence-electron chi connectivity index (χ2n) is 7.55. The van der Waals surface area contributed by atoms with Gasteiger partial charge in [-0.15, -0.1) is 0 Å². The number of anilines is 2. The number of fused-ring (bicyclic) bond motifs is 1. The van der Waals surface area contributed by atoms with Crippen LogP contribution in [0.3, 0.4) is 0 Å². The van der Waals surface area contributed by atoms with E-state index < -0.39 is 22.9 Å². The Hall–Kier alpha value is -3.59. The van der Waals surface area contributed by atoms with E-state index in [1.165, 1.54) is 12.1 Å². The number of ether oxygens (including phenoxy) is 1. The molecule has 0 fully saturated rings. The Labute approximate surface area is 166 Å². The van der Waals surface area contributed by atoms with E-state index >= 15 is 0 Å². The van der Waals surface area contributed by atoms with E-state index in [4.69, 9.17) is 16.2 Å². The van der Waals surface area contributed by atoms with Gasteiger partial charge >= 0.3 is 11.8 Å². The molecule has 1 heterocycles. The highest BCUT2D eigenvalue weighted by molar-refractivity contribution is 5.89. The van der Waals surface area contributed by atoms with Gasteiger partial charge in [0.1, 0.15) is 5.60 Å². The Balaban J connectivity index is 2.04. The normalized spacial score (nSPS) is 11.4. The molecule has 0 atom stereocenters. The van der Waals surface area contributed by atoms with Crippen LogP contribution in [0.4, 0.5) is 16.2 Å². The van der Waals surface area contributed by atoms with Crippen molar-refractivity contribution in [2.45, 2.75) is 32.9 Å². The van der Waals surface area contributed by atoms with Crippen LogP contribution in [-0.2, 0) is 11.3 Å². The third-order valence-corrected chi connectivity index (χ3v) is 4.15. The lowest BCUT2D eigenvalue weighted by molar-refractivity contribution is 0.0636. The lowest BCUT2D eigenvalue weighted by atomic mass is 10.1. The zero-order valence-electron chi connectivity index (χ0n) is 16.4. The minimum Gasteiger partial charge on any atom is -0.444 e. The smallest absolute Gasteiger partial charge is 0.412 e. The zero-order chi connectivity index (χ0) is 21.3. The maximum atomic E-state index is 12.9. The molecule has 0 aliphatic heterocycles. The molecule has 6 N–H and O–H groups in total. The van der Waals surface area contributed by atoms with E-state index in [0.29, 0.717) is 28.1 Å². The van der Waals surface area contributed by atoms with Gasteiger partial charge in [-0.1, -0.05) is 0 Å². The first-order valence-corrected chi connectivity index (χ1v) is 8.97. The van der Waals surface area contributed by atoms with E-state index in [-0.39, 0.29) is 11.9 Å². The Morgan fingerprint density at radius 1 is 1.17 bits per heavy atom. The standard InChI is InChI=1S/C20H23N5O4/c1-20(2,3)29-19(28)23-12-4-6-14-16(9-12)24-18(27)25(17(14)26)13-5-7-15(22)11(8-13)10-21/h4-9H,10,21-22H2,1-3H3,(H,23,28)(H,24,27). The van der Waals surface area contributed by atoms with Crippen LogP contribution in [0.1, 0.15) is 26.3 Å². The predicted molar refractivity (Wildman–Crippen MR) is 112 cm³/mol. The summed E-state index contributed by atoms with van der Waals surface area (Å²) in [6.45, 7) is 5.43. The first-order chi connectivity index (χ1) is 13.6. The molecule has 9 nitrogen and oxygen atoms in total. The fourth-order valence-corrected chi connectivity index (χ4v) is 2.86. The topological polar surface area (TPSA) is 145 Å². The number of nitrogens with one attached hydrogen (secondary N) is 2. The van der Waals surface area contributed by atoms with Crippen LogP contribution in [0.2, 0.25) is 0 Å². The quantitative estimate of drug-likeness (QED) is 0.498. The van der Waals surface area contributed by atoms with Crippen molar-refractivity contribution in [3.8, 4) is 5.69 Å². The van der Waals surface area contributed by atoms with Crippen molar-refractivity contribution in [1.82, 2.24) is 9.55 Å². The van der Waals surface area contributed by atoms with E-state index in [1.54, 1.807) is 45.0 Å². The predicted octanol–water partition coefficient (Wildman–Crippen LogP) is 2.07. The first-order valence-electron chi connectivity index (χ1n) is 8.97. The zero-order valence-corrected chi connectivity index (χ0v) is 16.4. The van der Waals surface area contributed by atoms with Gasteiger partial charge in [-0.25, -0.2) is 14.2 Å². The van der Waals surface area contributed by atoms with E-state index in [1.807, 2.05) is 0 Å². The highest BCUT2D eigenvalue weighted by Gasteiger charge is 2.17. The Morgan fingerprint density at radius 3 is 2.55 bits per heavy atom. The maximum Gasteiger partial charge on any atom is 0.412 e. The molecule has 0 saturated heterocycles. The molecule has 1 aromatic heterocycles. The molecule has 152 valence electrons. The number of H-pyrrole nitrogens is 1. The summed E-state index contributed by atoms with van der Waals surface area (Å²) in [5, 5.41) is 2.86. The Morgan fingerprint density at radius 2 is 1.90 bits per heavy atom. The summed E-state index contributed by atoms with van der Waals surface area (Å²) in [6.07, 6.45) is -0.635. The molecule has 0 bridgehead atoms. The molecule has 0 aliphatic rings. The third kappa shape index (κ3) is 4.30. The number of nitrogens with zero attached hydrogens (tertiary/aromatic N) is 1. The van der Waals surface area contributed by atoms with Crippen LogP contribution in [-0.4, -0.2) is 21.2 Å². The molecular formula is C20H23N5O4. The van der Waals surface area contributed by atoms with Crippen molar-refractivity contribution >= 4 is 28.4 Å². The van der Waals surface area contributed by atoms with Crippen molar-refractivity contribution < 1.29 is 9.53 Å². The van der Waals surface area contributed by atoms with Crippen LogP contribution in [0.15, 0.2) is 46.0 Å². The van der Waals surface area contributed by atoms with Gasteiger partial charge in [-0.2, -0.15) is 0 Å². The maximum absolute atomic E-state index is 12.9. The number of aromatic amines is 1. The molecule has 0 radical (unpaired) electrons. The number of hydrogen-bond acceptors (Lipinski definition) is 6. The average Bonchev–Trinajstić information content (AvgIpc) is 2.61. The molecule has 0 spiro atoms. The molecule has 0 aliphatic carbocycles. The van der Waals surface area contributed by atoms with Crippen molar-refractivity contribution in [3.05, 3.63) is 62.8 Å². The summed E-state index contributed by atoms with van der Waals surface area (Å²) in [7, 11) is 0. The van der Waals surface area contributed by atoms with Gasteiger partial charge in [0.15, 0.2) is 0 Å². The van der Waals surface area contributed by atoms with Gasteiger partial charge in [0.2, 0.25) is 0 Å². The largest absolute Gasteiger partial charge is 0.444 e. The minimum atomic E-state index is -0.648. The number of carbonyl (C=O) groups excluding carboxylic acids is 1. The number of carbonyl (C=O) groups is 1. The lowest BCUT2D eigenvalue weighted by Crippen LogP contribution is -2.33. The minimum absolute atomic E-state index is 0.180. The molecule has 9 heteroatoms. The van der Waals surface area contributed by atoms with Crippen molar-refractivity contribution in [2.24, 2.45) is 5.73 Å². The molecule has 0 saturated carbocycles. The number of hydrogen-bond donors (Lipinski definition) is 4. The van der Waals surface area contributed by atoms with Gasteiger partial charge in [0.05, 0.1) is 16.6 Å². The monoisotopic (exact) mass is 397 g/mol. The first kappa shape index (κ1) is 20.2. The second-order valence-corrected chi connectivity index (χ2v) is 7.55. The van der Waals surface area contributed by atoms with Gasteiger partial charge in [-0.05, 0) is 62.7 Å². The van der Waals surface area contributed by atoms with Gasteiger partial charge in [0, 0.05) is 17.9 Å². The Kier molecular flexibility index (Phi) is 5.17. The molecule has 29 heavy (non-hydrogen) atoms. The summed E-state index contributed by atoms with van der Waals surface area (Å²) in [5.41, 5.74) is 11.9. The fourth-order valence-electron chi connectivity index (χ4n) is 2.86. The highest BCUT2D eigenvalue weighted by atomic mass is 16.6. The molecular weight excluding hydrogens is 374 g/mol.